The molecule has 1 N–H and O–H groups in total. The summed E-state index contributed by atoms with van der Waals surface area (Å²) in [6.07, 6.45) is 0. The van der Waals surface area contributed by atoms with Crippen LogP contribution in [0.2, 0.25) is 0 Å². The second-order valence-electron chi connectivity index (χ2n) is 4.88. The maximum absolute atomic E-state index is 3.42. The lowest BCUT2D eigenvalue weighted by Gasteiger charge is -2.18. The lowest BCUT2D eigenvalue weighted by Crippen LogP contribution is -2.17. The Balaban J connectivity index is 2.04. The lowest BCUT2D eigenvalue weighted by atomic mass is 9.96. The van der Waals surface area contributed by atoms with Gasteiger partial charge in [0.2, 0.25) is 0 Å². The summed E-state index contributed by atoms with van der Waals surface area (Å²) < 4.78 is 1.26. The molecule has 0 bridgehead atoms. The van der Waals surface area contributed by atoms with Crippen LogP contribution in [0.25, 0.3) is 10.8 Å². The first-order valence-corrected chi connectivity index (χ1v) is 7.77. The highest BCUT2D eigenvalue weighted by Crippen LogP contribution is 2.25. The first-order valence-electron chi connectivity index (χ1n) is 6.69. The van der Waals surface area contributed by atoms with E-state index in [2.05, 4.69) is 94.6 Å². The van der Waals surface area contributed by atoms with E-state index in [0.717, 1.165) is 0 Å². The summed E-state index contributed by atoms with van der Waals surface area (Å²) in [6, 6.07) is 24.1. The Hall–Kier alpha value is -1.39. The van der Waals surface area contributed by atoms with Crippen molar-refractivity contribution in [2.45, 2.75) is 6.04 Å². The SMILES string of the molecule is CNC(c1ccc(I)cc1)c1ccc2ccccc2c1. The molecule has 0 amide bonds. The van der Waals surface area contributed by atoms with Crippen LogP contribution in [0.4, 0.5) is 0 Å². The van der Waals surface area contributed by atoms with E-state index in [1.54, 1.807) is 0 Å². The minimum absolute atomic E-state index is 0.233. The van der Waals surface area contributed by atoms with Gasteiger partial charge in [-0.25, -0.2) is 0 Å². The van der Waals surface area contributed by atoms with Gasteiger partial charge in [-0.2, -0.15) is 0 Å². The van der Waals surface area contributed by atoms with Gasteiger partial charge in [0.05, 0.1) is 6.04 Å². The van der Waals surface area contributed by atoms with Crippen LogP contribution >= 0.6 is 22.6 Å². The van der Waals surface area contributed by atoms with Crippen molar-refractivity contribution in [1.82, 2.24) is 5.32 Å². The fourth-order valence-corrected chi connectivity index (χ4v) is 2.93. The molecule has 3 rings (SSSR count). The molecule has 1 unspecified atom stereocenters. The molecular formula is C18H16IN. The van der Waals surface area contributed by atoms with Gasteiger partial charge in [0.15, 0.2) is 0 Å². The molecular weight excluding hydrogens is 357 g/mol. The van der Waals surface area contributed by atoms with Gasteiger partial charge < -0.3 is 5.32 Å². The molecule has 1 atom stereocenters. The van der Waals surface area contributed by atoms with E-state index in [1.807, 2.05) is 7.05 Å². The summed E-state index contributed by atoms with van der Waals surface area (Å²) in [5.41, 5.74) is 2.59. The van der Waals surface area contributed by atoms with Gasteiger partial charge in [0, 0.05) is 3.57 Å². The molecule has 100 valence electrons. The Morgan fingerprint density at radius 2 is 1.45 bits per heavy atom. The number of halogens is 1. The maximum Gasteiger partial charge on any atom is 0.0574 e. The fourth-order valence-electron chi connectivity index (χ4n) is 2.57. The molecule has 20 heavy (non-hydrogen) atoms. The Bertz CT molecular complexity index is 719. The van der Waals surface area contributed by atoms with Gasteiger partial charge >= 0.3 is 0 Å². The summed E-state index contributed by atoms with van der Waals surface area (Å²) >= 11 is 2.34. The van der Waals surface area contributed by atoms with Crippen molar-refractivity contribution >= 4 is 33.4 Å². The highest BCUT2D eigenvalue weighted by Gasteiger charge is 2.12. The van der Waals surface area contributed by atoms with E-state index >= 15 is 0 Å². The Morgan fingerprint density at radius 1 is 0.800 bits per heavy atom. The van der Waals surface area contributed by atoms with Crippen molar-refractivity contribution in [1.29, 1.82) is 0 Å². The molecule has 1 nitrogen and oxygen atoms in total. The van der Waals surface area contributed by atoms with Gasteiger partial charge in [-0.15, -0.1) is 0 Å². The number of rotatable bonds is 3. The molecule has 3 aromatic rings. The normalized spacial score (nSPS) is 12.5. The van der Waals surface area contributed by atoms with Crippen molar-refractivity contribution < 1.29 is 0 Å². The molecule has 0 saturated heterocycles. The second kappa shape index (κ2) is 5.94. The Kier molecular flexibility index (Phi) is 4.03. The highest BCUT2D eigenvalue weighted by molar-refractivity contribution is 14.1. The molecule has 3 aromatic carbocycles. The molecule has 0 fully saturated rings. The molecule has 0 aliphatic carbocycles. The number of nitrogens with one attached hydrogen (secondary N) is 1. The van der Waals surface area contributed by atoms with Gasteiger partial charge in [0.1, 0.15) is 0 Å². The van der Waals surface area contributed by atoms with E-state index < -0.39 is 0 Å². The third-order valence-electron chi connectivity index (χ3n) is 3.60. The Labute approximate surface area is 133 Å². The average molecular weight is 373 g/mol. The summed E-state index contributed by atoms with van der Waals surface area (Å²) in [6.45, 7) is 0. The average Bonchev–Trinajstić information content (AvgIpc) is 2.50. The summed E-state index contributed by atoms with van der Waals surface area (Å²) in [7, 11) is 2.01. The van der Waals surface area contributed by atoms with Crippen LogP contribution in [0, 0.1) is 3.57 Å². The molecule has 0 aliphatic rings. The zero-order chi connectivity index (χ0) is 13.9. The van der Waals surface area contributed by atoms with E-state index in [4.69, 9.17) is 0 Å². The highest BCUT2D eigenvalue weighted by atomic mass is 127. The molecule has 2 heteroatoms. The van der Waals surface area contributed by atoms with Crippen molar-refractivity contribution in [2.75, 3.05) is 7.05 Å². The minimum atomic E-state index is 0.233. The topological polar surface area (TPSA) is 12.0 Å². The predicted octanol–water partition coefficient (Wildman–Crippen LogP) is 4.75. The molecule has 0 heterocycles. The monoisotopic (exact) mass is 373 g/mol. The zero-order valence-electron chi connectivity index (χ0n) is 11.3. The largest absolute Gasteiger partial charge is 0.309 e. The molecule has 0 radical (unpaired) electrons. The van der Waals surface area contributed by atoms with E-state index in [0.29, 0.717) is 0 Å². The van der Waals surface area contributed by atoms with Crippen LogP contribution < -0.4 is 5.32 Å². The van der Waals surface area contributed by atoms with Crippen LogP contribution in [0.1, 0.15) is 17.2 Å². The van der Waals surface area contributed by atoms with Gasteiger partial charge in [-0.05, 0) is 69.7 Å². The van der Waals surface area contributed by atoms with Gasteiger partial charge in [-0.1, -0.05) is 48.5 Å². The quantitative estimate of drug-likeness (QED) is 0.654. The molecule has 0 aliphatic heterocycles. The van der Waals surface area contributed by atoms with Gasteiger partial charge in [0.25, 0.3) is 0 Å². The van der Waals surface area contributed by atoms with Crippen LogP contribution in [-0.4, -0.2) is 7.05 Å². The van der Waals surface area contributed by atoms with Crippen LogP contribution in [0.3, 0.4) is 0 Å². The number of hydrogen-bond acceptors (Lipinski definition) is 1. The smallest absolute Gasteiger partial charge is 0.0574 e. The summed E-state index contributed by atoms with van der Waals surface area (Å²) in [5, 5.41) is 5.99. The van der Waals surface area contributed by atoms with Gasteiger partial charge in [-0.3, -0.25) is 0 Å². The zero-order valence-corrected chi connectivity index (χ0v) is 13.5. The minimum Gasteiger partial charge on any atom is -0.309 e. The lowest BCUT2D eigenvalue weighted by molar-refractivity contribution is 0.692. The Morgan fingerprint density at radius 3 is 2.15 bits per heavy atom. The summed E-state index contributed by atoms with van der Waals surface area (Å²) in [5.74, 6) is 0. The fraction of sp³-hybridized carbons (Fsp3) is 0.111. The van der Waals surface area contributed by atoms with E-state index in [1.165, 1.54) is 25.5 Å². The van der Waals surface area contributed by atoms with Crippen molar-refractivity contribution in [3.63, 3.8) is 0 Å². The standard InChI is InChI=1S/C18H16IN/c1-20-18(14-8-10-17(19)11-9-14)16-7-6-13-4-2-3-5-15(13)12-16/h2-12,18,20H,1H3. The number of hydrogen-bond donors (Lipinski definition) is 1. The van der Waals surface area contributed by atoms with Crippen LogP contribution in [0.5, 0.6) is 0 Å². The number of fused-ring (bicyclic) bond motifs is 1. The van der Waals surface area contributed by atoms with E-state index in [9.17, 15) is 0 Å². The van der Waals surface area contributed by atoms with Crippen molar-refractivity contribution in [3.05, 3.63) is 81.4 Å². The first-order chi connectivity index (χ1) is 9.78. The maximum atomic E-state index is 3.42. The van der Waals surface area contributed by atoms with Crippen LogP contribution in [0.15, 0.2) is 66.7 Å². The molecule has 0 saturated carbocycles. The van der Waals surface area contributed by atoms with Crippen LogP contribution in [-0.2, 0) is 0 Å². The molecule has 0 spiro atoms. The predicted molar refractivity (Wildman–Crippen MR) is 94.0 cm³/mol. The third kappa shape index (κ3) is 2.72. The first kappa shape index (κ1) is 13.6. The molecule has 0 aromatic heterocycles. The van der Waals surface area contributed by atoms with Crippen molar-refractivity contribution in [2.24, 2.45) is 0 Å². The van der Waals surface area contributed by atoms with E-state index in [-0.39, 0.29) is 6.04 Å². The third-order valence-corrected chi connectivity index (χ3v) is 4.32. The second-order valence-corrected chi connectivity index (χ2v) is 6.13. The summed E-state index contributed by atoms with van der Waals surface area (Å²) in [4.78, 5) is 0. The van der Waals surface area contributed by atoms with Crippen molar-refractivity contribution in [3.8, 4) is 0 Å². The number of benzene rings is 3.